The Hall–Kier alpha value is -2.06. The number of benzene rings is 2. The van der Waals surface area contributed by atoms with E-state index in [2.05, 4.69) is 15.9 Å². The fourth-order valence-corrected chi connectivity index (χ4v) is 1.90. The van der Waals surface area contributed by atoms with Gasteiger partial charge in [-0.3, -0.25) is 0 Å². The summed E-state index contributed by atoms with van der Waals surface area (Å²) in [4.78, 5) is 0. The van der Waals surface area contributed by atoms with Gasteiger partial charge in [-0.2, -0.15) is 5.26 Å². The third kappa shape index (κ3) is 3.97. The predicted octanol–water partition coefficient (Wildman–Crippen LogP) is 3.92. The molecule has 0 aliphatic carbocycles. The number of ether oxygens (including phenoxy) is 2. The molecular weight excluding hydrogens is 325 g/mol. The van der Waals surface area contributed by atoms with E-state index in [1.54, 1.807) is 36.4 Å². The lowest BCUT2D eigenvalue weighted by Gasteiger charge is -2.09. The van der Waals surface area contributed by atoms with Gasteiger partial charge in [-0.25, -0.2) is 4.39 Å². The Bertz CT molecular complexity index is 640. The van der Waals surface area contributed by atoms with Gasteiger partial charge in [0.05, 0.1) is 16.1 Å². The maximum atomic E-state index is 13.0. The molecule has 0 radical (unpaired) electrons. The topological polar surface area (TPSA) is 42.2 Å². The van der Waals surface area contributed by atoms with Crippen LogP contribution in [0, 0.1) is 17.1 Å². The molecule has 2 aromatic rings. The van der Waals surface area contributed by atoms with Crippen molar-refractivity contribution in [2.75, 3.05) is 13.2 Å². The average Bonchev–Trinajstić information content (AvgIpc) is 2.47. The van der Waals surface area contributed by atoms with Crippen LogP contribution >= 0.6 is 15.9 Å². The molecular formula is C15H11BrFNO2. The van der Waals surface area contributed by atoms with Gasteiger partial charge in [0.2, 0.25) is 0 Å². The molecule has 0 saturated heterocycles. The highest BCUT2D eigenvalue weighted by Gasteiger charge is 2.01. The third-order valence-electron chi connectivity index (χ3n) is 2.47. The van der Waals surface area contributed by atoms with Gasteiger partial charge in [0, 0.05) is 0 Å². The first kappa shape index (κ1) is 14.4. The first-order valence-electron chi connectivity index (χ1n) is 5.90. The molecule has 0 N–H and O–H groups in total. The zero-order chi connectivity index (χ0) is 14.4. The minimum Gasteiger partial charge on any atom is -0.490 e. The average molecular weight is 336 g/mol. The highest BCUT2D eigenvalue weighted by Crippen LogP contribution is 2.21. The SMILES string of the molecule is N#Cc1cccc(OCCOc2ccc(F)c(Br)c2)c1. The summed E-state index contributed by atoms with van der Waals surface area (Å²) in [7, 11) is 0. The summed E-state index contributed by atoms with van der Waals surface area (Å²) in [5.41, 5.74) is 0.547. The van der Waals surface area contributed by atoms with Crippen molar-refractivity contribution in [3.05, 3.63) is 58.3 Å². The van der Waals surface area contributed by atoms with Gasteiger partial charge in [-0.05, 0) is 52.3 Å². The fraction of sp³-hybridized carbons (Fsp3) is 0.133. The molecule has 2 aromatic carbocycles. The van der Waals surface area contributed by atoms with Gasteiger partial charge in [-0.15, -0.1) is 0 Å². The smallest absolute Gasteiger partial charge is 0.137 e. The Balaban J connectivity index is 1.81. The Kier molecular flexibility index (Phi) is 4.97. The van der Waals surface area contributed by atoms with Crippen molar-refractivity contribution in [3.63, 3.8) is 0 Å². The van der Waals surface area contributed by atoms with E-state index in [9.17, 15) is 4.39 Å². The zero-order valence-corrected chi connectivity index (χ0v) is 12.1. The Morgan fingerprint density at radius 1 is 1.05 bits per heavy atom. The van der Waals surface area contributed by atoms with E-state index in [1.165, 1.54) is 6.07 Å². The molecule has 0 bridgehead atoms. The number of halogens is 2. The van der Waals surface area contributed by atoms with Crippen LogP contribution in [0.4, 0.5) is 4.39 Å². The largest absolute Gasteiger partial charge is 0.490 e. The van der Waals surface area contributed by atoms with Crippen molar-refractivity contribution in [1.82, 2.24) is 0 Å². The first-order valence-corrected chi connectivity index (χ1v) is 6.69. The molecule has 0 amide bonds. The van der Waals surface area contributed by atoms with E-state index in [4.69, 9.17) is 14.7 Å². The van der Waals surface area contributed by atoms with Crippen LogP contribution in [-0.2, 0) is 0 Å². The molecule has 2 rings (SSSR count). The molecule has 0 aliphatic heterocycles. The summed E-state index contributed by atoms with van der Waals surface area (Å²) >= 11 is 3.09. The van der Waals surface area contributed by atoms with Crippen LogP contribution in [0.15, 0.2) is 46.9 Å². The Morgan fingerprint density at radius 3 is 2.40 bits per heavy atom. The van der Waals surface area contributed by atoms with E-state index >= 15 is 0 Å². The van der Waals surface area contributed by atoms with Crippen LogP contribution in [0.1, 0.15) is 5.56 Å². The third-order valence-corrected chi connectivity index (χ3v) is 3.08. The van der Waals surface area contributed by atoms with Crippen LogP contribution < -0.4 is 9.47 Å². The summed E-state index contributed by atoms with van der Waals surface area (Å²) in [6.45, 7) is 0.665. The summed E-state index contributed by atoms with van der Waals surface area (Å²) in [5, 5.41) is 8.77. The van der Waals surface area contributed by atoms with Crippen molar-refractivity contribution in [2.24, 2.45) is 0 Å². The lowest BCUT2D eigenvalue weighted by atomic mass is 10.2. The van der Waals surface area contributed by atoms with Gasteiger partial charge in [0.25, 0.3) is 0 Å². The summed E-state index contributed by atoms with van der Waals surface area (Å²) in [6, 6.07) is 13.4. The van der Waals surface area contributed by atoms with Crippen LogP contribution in [-0.4, -0.2) is 13.2 Å². The second-order valence-electron chi connectivity index (χ2n) is 3.91. The maximum Gasteiger partial charge on any atom is 0.137 e. The highest BCUT2D eigenvalue weighted by atomic mass is 79.9. The van der Waals surface area contributed by atoms with Gasteiger partial charge >= 0.3 is 0 Å². The normalized spacial score (nSPS) is 9.85. The van der Waals surface area contributed by atoms with Gasteiger partial charge < -0.3 is 9.47 Å². The summed E-state index contributed by atoms with van der Waals surface area (Å²) in [6.07, 6.45) is 0. The molecule has 0 unspecified atom stereocenters. The number of hydrogen-bond donors (Lipinski definition) is 0. The van der Waals surface area contributed by atoms with Crippen molar-refractivity contribution in [1.29, 1.82) is 5.26 Å². The number of nitrogens with zero attached hydrogens (tertiary/aromatic N) is 1. The van der Waals surface area contributed by atoms with E-state index < -0.39 is 0 Å². The highest BCUT2D eigenvalue weighted by molar-refractivity contribution is 9.10. The van der Waals surface area contributed by atoms with E-state index in [1.807, 2.05) is 6.07 Å². The zero-order valence-electron chi connectivity index (χ0n) is 10.5. The van der Waals surface area contributed by atoms with E-state index in [0.717, 1.165) is 0 Å². The predicted molar refractivity (Wildman–Crippen MR) is 76.2 cm³/mol. The van der Waals surface area contributed by atoms with Crippen LogP contribution in [0.5, 0.6) is 11.5 Å². The molecule has 0 saturated carbocycles. The summed E-state index contributed by atoms with van der Waals surface area (Å²) in [5.74, 6) is 0.850. The Labute approximate surface area is 124 Å². The lowest BCUT2D eigenvalue weighted by molar-refractivity contribution is 0.217. The van der Waals surface area contributed by atoms with Gasteiger partial charge in [0.1, 0.15) is 30.5 Å². The quantitative estimate of drug-likeness (QED) is 0.778. The molecule has 0 heterocycles. The maximum absolute atomic E-state index is 13.0. The van der Waals surface area contributed by atoms with Crippen LogP contribution in [0.3, 0.4) is 0 Å². The lowest BCUT2D eigenvalue weighted by Crippen LogP contribution is -2.09. The van der Waals surface area contributed by atoms with Gasteiger partial charge in [0.15, 0.2) is 0 Å². The number of rotatable bonds is 5. The fourth-order valence-electron chi connectivity index (χ4n) is 1.54. The Morgan fingerprint density at radius 2 is 1.75 bits per heavy atom. The minimum atomic E-state index is -0.332. The second kappa shape index (κ2) is 6.92. The van der Waals surface area contributed by atoms with Crippen molar-refractivity contribution in [2.45, 2.75) is 0 Å². The molecule has 0 aromatic heterocycles. The van der Waals surface area contributed by atoms with Crippen molar-refractivity contribution in [3.8, 4) is 17.6 Å². The molecule has 102 valence electrons. The number of hydrogen-bond acceptors (Lipinski definition) is 3. The molecule has 5 heteroatoms. The minimum absolute atomic E-state index is 0.328. The standard InChI is InChI=1S/C15H11BrFNO2/c16-14-9-13(4-5-15(14)17)20-7-6-19-12-3-1-2-11(8-12)10-18/h1-5,8-9H,6-7H2. The first-order chi connectivity index (χ1) is 9.69. The van der Waals surface area contributed by atoms with Crippen LogP contribution in [0.2, 0.25) is 0 Å². The molecule has 0 spiro atoms. The van der Waals surface area contributed by atoms with Crippen molar-refractivity contribution >= 4 is 15.9 Å². The number of nitriles is 1. The molecule has 0 atom stereocenters. The van der Waals surface area contributed by atoms with E-state index in [-0.39, 0.29) is 5.82 Å². The molecule has 0 aliphatic rings. The van der Waals surface area contributed by atoms with Crippen LogP contribution in [0.25, 0.3) is 0 Å². The van der Waals surface area contributed by atoms with Gasteiger partial charge in [-0.1, -0.05) is 6.07 Å². The molecule has 3 nitrogen and oxygen atoms in total. The van der Waals surface area contributed by atoms with E-state index in [0.29, 0.717) is 34.7 Å². The second-order valence-corrected chi connectivity index (χ2v) is 4.77. The monoisotopic (exact) mass is 335 g/mol. The van der Waals surface area contributed by atoms with Crippen molar-refractivity contribution < 1.29 is 13.9 Å². The molecule has 20 heavy (non-hydrogen) atoms. The summed E-state index contributed by atoms with van der Waals surface area (Å²) < 4.78 is 24.3. The molecule has 0 fully saturated rings.